The molecule has 0 radical (unpaired) electrons. The van der Waals surface area contributed by atoms with Gasteiger partial charge in [0.2, 0.25) is 0 Å². The average molecular weight is 253 g/mol. The minimum absolute atomic E-state index is 0.343. The summed E-state index contributed by atoms with van der Waals surface area (Å²) in [6, 6.07) is 0.343. The minimum Gasteiger partial charge on any atom is -0.314 e. The van der Waals surface area contributed by atoms with E-state index in [4.69, 9.17) is 0 Å². The second-order valence-electron chi connectivity index (χ2n) is 5.65. The van der Waals surface area contributed by atoms with Crippen molar-refractivity contribution < 1.29 is 4.39 Å². The standard InChI is InChI=1S/C14H24FN3/c1-3-18-11-12(10-17-18)8-14(2,15)9-13-6-4-5-7-16-13/h10-11,13,16H,3-9H2,1-2H3. The lowest BCUT2D eigenvalue weighted by Crippen LogP contribution is -2.40. The normalized spacial score (nSPS) is 23.8. The molecule has 1 N–H and O–H groups in total. The van der Waals surface area contributed by atoms with Crippen molar-refractivity contribution in [3.63, 3.8) is 0 Å². The smallest absolute Gasteiger partial charge is 0.113 e. The molecular weight excluding hydrogens is 229 g/mol. The van der Waals surface area contributed by atoms with Crippen LogP contribution in [0.5, 0.6) is 0 Å². The van der Waals surface area contributed by atoms with E-state index >= 15 is 0 Å². The zero-order valence-electron chi connectivity index (χ0n) is 11.5. The van der Waals surface area contributed by atoms with Crippen molar-refractivity contribution >= 4 is 0 Å². The van der Waals surface area contributed by atoms with Crippen molar-refractivity contribution in [2.24, 2.45) is 0 Å². The Hall–Kier alpha value is -0.900. The van der Waals surface area contributed by atoms with Gasteiger partial charge in [0, 0.05) is 25.2 Å². The van der Waals surface area contributed by atoms with Crippen LogP contribution >= 0.6 is 0 Å². The number of aryl methyl sites for hydroxylation is 1. The Morgan fingerprint density at radius 2 is 2.39 bits per heavy atom. The van der Waals surface area contributed by atoms with Crippen LogP contribution in [0.4, 0.5) is 4.39 Å². The number of nitrogens with one attached hydrogen (secondary N) is 1. The van der Waals surface area contributed by atoms with Crippen LogP contribution in [-0.2, 0) is 13.0 Å². The summed E-state index contributed by atoms with van der Waals surface area (Å²) in [5, 5.41) is 7.62. The molecule has 0 aliphatic carbocycles. The number of piperidine rings is 1. The van der Waals surface area contributed by atoms with Crippen LogP contribution in [0.2, 0.25) is 0 Å². The summed E-state index contributed by atoms with van der Waals surface area (Å²) in [5.41, 5.74) is -0.144. The Labute approximate surface area is 109 Å². The van der Waals surface area contributed by atoms with Crippen LogP contribution in [0.1, 0.15) is 45.1 Å². The van der Waals surface area contributed by atoms with E-state index in [1.807, 2.05) is 17.8 Å². The van der Waals surface area contributed by atoms with E-state index in [2.05, 4.69) is 10.4 Å². The zero-order valence-corrected chi connectivity index (χ0v) is 11.5. The van der Waals surface area contributed by atoms with Gasteiger partial charge in [0.1, 0.15) is 5.67 Å². The van der Waals surface area contributed by atoms with Gasteiger partial charge in [-0.15, -0.1) is 0 Å². The average Bonchev–Trinajstić information content (AvgIpc) is 2.76. The highest BCUT2D eigenvalue weighted by molar-refractivity contribution is 5.08. The molecule has 0 spiro atoms. The van der Waals surface area contributed by atoms with Gasteiger partial charge in [-0.25, -0.2) is 4.39 Å². The van der Waals surface area contributed by atoms with Crippen molar-refractivity contribution in [1.82, 2.24) is 15.1 Å². The van der Waals surface area contributed by atoms with Gasteiger partial charge in [-0.05, 0) is 45.2 Å². The second-order valence-corrected chi connectivity index (χ2v) is 5.65. The third-order valence-corrected chi connectivity index (χ3v) is 3.67. The number of hydrogen-bond donors (Lipinski definition) is 1. The summed E-state index contributed by atoms with van der Waals surface area (Å²) in [6.45, 7) is 5.63. The van der Waals surface area contributed by atoms with Gasteiger partial charge in [-0.2, -0.15) is 5.10 Å². The van der Waals surface area contributed by atoms with Crippen molar-refractivity contribution in [3.8, 4) is 0 Å². The molecule has 1 aromatic rings. The van der Waals surface area contributed by atoms with Gasteiger partial charge in [-0.3, -0.25) is 4.68 Å². The summed E-state index contributed by atoms with van der Waals surface area (Å²) in [7, 11) is 0. The number of halogens is 1. The number of aromatic nitrogens is 2. The fourth-order valence-electron chi connectivity index (χ4n) is 2.78. The Morgan fingerprint density at radius 1 is 1.56 bits per heavy atom. The van der Waals surface area contributed by atoms with Crippen LogP contribution in [0.15, 0.2) is 12.4 Å². The Morgan fingerprint density at radius 3 is 3.00 bits per heavy atom. The minimum atomic E-state index is -1.14. The maximum atomic E-state index is 14.6. The van der Waals surface area contributed by atoms with Crippen LogP contribution in [0.3, 0.4) is 0 Å². The van der Waals surface area contributed by atoms with E-state index < -0.39 is 5.67 Å². The Bertz CT molecular complexity index is 367. The monoisotopic (exact) mass is 253 g/mol. The van der Waals surface area contributed by atoms with Gasteiger partial charge in [0.15, 0.2) is 0 Å². The largest absolute Gasteiger partial charge is 0.314 e. The van der Waals surface area contributed by atoms with E-state index in [1.165, 1.54) is 12.8 Å². The highest BCUT2D eigenvalue weighted by Gasteiger charge is 2.29. The van der Waals surface area contributed by atoms with Crippen LogP contribution < -0.4 is 5.32 Å². The molecule has 2 atom stereocenters. The first-order valence-electron chi connectivity index (χ1n) is 7.03. The third kappa shape index (κ3) is 3.80. The SMILES string of the molecule is CCn1cc(CC(C)(F)CC2CCCCN2)cn1. The molecule has 2 rings (SSSR count). The molecule has 0 saturated carbocycles. The maximum absolute atomic E-state index is 14.6. The fraction of sp³-hybridized carbons (Fsp3) is 0.786. The lowest BCUT2D eigenvalue weighted by atomic mass is 9.89. The highest BCUT2D eigenvalue weighted by Crippen LogP contribution is 2.26. The molecule has 0 aromatic carbocycles. The molecule has 0 amide bonds. The molecule has 3 nitrogen and oxygen atoms in total. The highest BCUT2D eigenvalue weighted by atomic mass is 19.1. The first-order chi connectivity index (χ1) is 8.59. The summed E-state index contributed by atoms with van der Waals surface area (Å²) in [6.07, 6.45) is 8.36. The summed E-state index contributed by atoms with van der Waals surface area (Å²) in [5.74, 6) is 0. The molecule has 4 heteroatoms. The van der Waals surface area contributed by atoms with Crippen molar-refractivity contribution in [2.45, 2.75) is 64.2 Å². The quantitative estimate of drug-likeness (QED) is 0.874. The Balaban J connectivity index is 1.89. The number of alkyl halides is 1. The van der Waals surface area contributed by atoms with E-state index in [0.29, 0.717) is 18.9 Å². The van der Waals surface area contributed by atoms with E-state index in [0.717, 1.165) is 25.1 Å². The molecule has 1 aromatic heterocycles. The topological polar surface area (TPSA) is 29.9 Å². The first-order valence-corrected chi connectivity index (χ1v) is 7.03. The third-order valence-electron chi connectivity index (χ3n) is 3.67. The molecule has 2 heterocycles. The molecule has 18 heavy (non-hydrogen) atoms. The van der Waals surface area contributed by atoms with Crippen LogP contribution in [0.25, 0.3) is 0 Å². The number of hydrogen-bond acceptors (Lipinski definition) is 2. The Kier molecular flexibility index (Phi) is 4.38. The van der Waals surface area contributed by atoms with Crippen LogP contribution in [-0.4, -0.2) is 28.0 Å². The molecule has 1 saturated heterocycles. The van der Waals surface area contributed by atoms with Crippen LogP contribution in [0, 0.1) is 0 Å². The van der Waals surface area contributed by atoms with E-state index in [-0.39, 0.29) is 0 Å². The predicted octanol–water partition coefficient (Wildman–Crippen LogP) is 2.71. The molecule has 2 unspecified atom stereocenters. The number of nitrogens with zero attached hydrogens (tertiary/aromatic N) is 2. The zero-order chi connectivity index (χ0) is 13.0. The summed E-state index contributed by atoms with van der Waals surface area (Å²) < 4.78 is 16.4. The molecule has 0 bridgehead atoms. The van der Waals surface area contributed by atoms with Crippen molar-refractivity contribution in [2.75, 3.05) is 6.54 Å². The lowest BCUT2D eigenvalue weighted by Gasteiger charge is -2.29. The summed E-state index contributed by atoms with van der Waals surface area (Å²) >= 11 is 0. The van der Waals surface area contributed by atoms with Gasteiger partial charge >= 0.3 is 0 Å². The van der Waals surface area contributed by atoms with E-state index in [9.17, 15) is 4.39 Å². The number of rotatable bonds is 5. The van der Waals surface area contributed by atoms with Gasteiger partial charge in [0.25, 0.3) is 0 Å². The molecule has 1 aliphatic heterocycles. The summed E-state index contributed by atoms with van der Waals surface area (Å²) in [4.78, 5) is 0. The predicted molar refractivity (Wildman–Crippen MR) is 71.4 cm³/mol. The fourth-order valence-corrected chi connectivity index (χ4v) is 2.78. The van der Waals surface area contributed by atoms with E-state index in [1.54, 1.807) is 13.1 Å². The van der Waals surface area contributed by atoms with Gasteiger partial charge < -0.3 is 5.32 Å². The van der Waals surface area contributed by atoms with Gasteiger partial charge in [-0.1, -0.05) is 6.42 Å². The van der Waals surface area contributed by atoms with Crippen molar-refractivity contribution in [1.29, 1.82) is 0 Å². The maximum Gasteiger partial charge on any atom is 0.113 e. The van der Waals surface area contributed by atoms with Gasteiger partial charge in [0.05, 0.1) is 6.20 Å². The lowest BCUT2D eigenvalue weighted by molar-refractivity contribution is 0.146. The molecule has 1 aliphatic rings. The second kappa shape index (κ2) is 5.83. The molecule has 102 valence electrons. The first kappa shape index (κ1) is 13.5. The molecular formula is C14H24FN3. The molecule has 1 fully saturated rings. The van der Waals surface area contributed by atoms with Crippen molar-refractivity contribution in [3.05, 3.63) is 18.0 Å².